The Bertz CT molecular complexity index is 1180. The Morgan fingerprint density at radius 1 is 0.263 bits per heavy atom. The molecular formula is C70H136O6. The van der Waals surface area contributed by atoms with E-state index in [1.54, 1.807) is 0 Å². The molecule has 0 bridgehead atoms. The summed E-state index contributed by atoms with van der Waals surface area (Å²) in [5, 5.41) is 0. The van der Waals surface area contributed by atoms with E-state index in [2.05, 4.69) is 41.5 Å². The Hall–Kier alpha value is -1.59. The van der Waals surface area contributed by atoms with E-state index >= 15 is 0 Å². The standard InChI is InChI=1S/C70H136O6/c1-7-65(5)57-51-45-39-33-27-21-17-13-9-11-15-19-23-29-35-41-47-53-59-68(71)74-62-67(63-75-69(72)60-54-48-42-36-31-25-26-32-38-44-50-56-64(3)4)76-70(73)61-55-49-43-37-30-24-20-16-12-10-14-18-22-28-34-40-46-52-58-66(6)8-2/h64-67H,7-63H2,1-6H3/t65?,66?,67-/m1/s1. The van der Waals surface area contributed by atoms with Crippen molar-refractivity contribution in [2.45, 2.75) is 401 Å². The number of esters is 3. The summed E-state index contributed by atoms with van der Waals surface area (Å²) in [4.78, 5) is 38.4. The summed E-state index contributed by atoms with van der Waals surface area (Å²) >= 11 is 0. The maximum atomic E-state index is 12.9. The van der Waals surface area contributed by atoms with E-state index in [1.807, 2.05) is 0 Å². The molecule has 6 heteroatoms. The fourth-order valence-electron chi connectivity index (χ4n) is 10.9. The molecule has 0 aromatic carbocycles. The van der Waals surface area contributed by atoms with Crippen molar-refractivity contribution in [3.8, 4) is 0 Å². The van der Waals surface area contributed by atoms with Gasteiger partial charge in [0.25, 0.3) is 0 Å². The molecule has 0 fully saturated rings. The monoisotopic (exact) mass is 1070 g/mol. The molecule has 452 valence electrons. The minimum Gasteiger partial charge on any atom is -0.462 e. The predicted molar refractivity (Wildman–Crippen MR) is 330 cm³/mol. The first-order valence-electron chi connectivity index (χ1n) is 34.7. The van der Waals surface area contributed by atoms with Crippen LogP contribution < -0.4 is 0 Å². The van der Waals surface area contributed by atoms with Crippen LogP contribution in [0, 0.1) is 17.8 Å². The van der Waals surface area contributed by atoms with Crippen LogP contribution in [0.5, 0.6) is 0 Å². The average molecular weight is 1070 g/mol. The van der Waals surface area contributed by atoms with Gasteiger partial charge in [0.15, 0.2) is 6.10 Å². The second kappa shape index (κ2) is 61.0. The molecule has 0 aliphatic rings. The van der Waals surface area contributed by atoms with E-state index in [1.165, 1.54) is 276 Å². The van der Waals surface area contributed by atoms with E-state index in [0.29, 0.717) is 19.3 Å². The number of hydrogen-bond donors (Lipinski definition) is 0. The Balaban J connectivity index is 4.25. The van der Waals surface area contributed by atoms with Gasteiger partial charge in [-0.15, -0.1) is 0 Å². The van der Waals surface area contributed by atoms with Crippen LogP contribution in [-0.2, 0) is 28.6 Å². The number of ether oxygens (including phenoxy) is 3. The number of hydrogen-bond acceptors (Lipinski definition) is 6. The average Bonchev–Trinajstić information content (AvgIpc) is 3.41. The third-order valence-corrected chi connectivity index (χ3v) is 16.9. The van der Waals surface area contributed by atoms with Crippen molar-refractivity contribution >= 4 is 17.9 Å². The van der Waals surface area contributed by atoms with E-state index in [-0.39, 0.29) is 31.1 Å². The first kappa shape index (κ1) is 74.4. The number of rotatable bonds is 63. The molecule has 0 rings (SSSR count). The van der Waals surface area contributed by atoms with Crippen molar-refractivity contribution in [1.29, 1.82) is 0 Å². The molecule has 0 aromatic rings. The van der Waals surface area contributed by atoms with Gasteiger partial charge in [0.2, 0.25) is 0 Å². The smallest absolute Gasteiger partial charge is 0.306 e. The minimum absolute atomic E-state index is 0.0621. The lowest BCUT2D eigenvalue weighted by molar-refractivity contribution is -0.167. The van der Waals surface area contributed by atoms with E-state index in [0.717, 1.165) is 75.5 Å². The third-order valence-electron chi connectivity index (χ3n) is 16.9. The minimum atomic E-state index is -0.765. The maximum Gasteiger partial charge on any atom is 0.306 e. The molecule has 0 saturated carbocycles. The Labute approximate surface area is 476 Å². The van der Waals surface area contributed by atoms with Crippen LogP contribution in [0.25, 0.3) is 0 Å². The molecule has 0 aromatic heterocycles. The van der Waals surface area contributed by atoms with E-state index < -0.39 is 6.10 Å². The van der Waals surface area contributed by atoms with Crippen molar-refractivity contribution in [1.82, 2.24) is 0 Å². The highest BCUT2D eigenvalue weighted by molar-refractivity contribution is 5.71. The summed E-state index contributed by atoms with van der Waals surface area (Å²) in [6.45, 7) is 13.9. The molecule has 76 heavy (non-hydrogen) atoms. The highest BCUT2D eigenvalue weighted by Crippen LogP contribution is 2.20. The van der Waals surface area contributed by atoms with E-state index in [4.69, 9.17) is 14.2 Å². The highest BCUT2D eigenvalue weighted by atomic mass is 16.6. The van der Waals surface area contributed by atoms with Gasteiger partial charge in [0, 0.05) is 19.3 Å². The zero-order valence-electron chi connectivity index (χ0n) is 52.6. The van der Waals surface area contributed by atoms with Gasteiger partial charge in [0.1, 0.15) is 13.2 Å². The summed E-state index contributed by atoms with van der Waals surface area (Å²) in [7, 11) is 0. The van der Waals surface area contributed by atoms with Crippen molar-refractivity contribution in [2.24, 2.45) is 17.8 Å². The van der Waals surface area contributed by atoms with Gasteiger partial charge < -0.3 is 14.2 Å². The number of unbranched alkanes of at least 4 members (excludes halogenated alkanes) is 44. The first-order valence-corrected chi connectivity index (χ1v) is 34.7. The Morgan fingerprint density at radius 2 is 0.461 bits per heavy atom. The number of carbonyl (C=O) groups is 3. The van der Waals surface area contributed by atoms with Crippen LogP contribution in [0.4, 0.5) is 0 Å². The molecule has 0 aliphatic heterocycles. The van der Waals surface area contributed by atoms with Crippen molar-refractivity contribution in [2.75, 3.05) is 13.2 Å². The van der Waals surface area contributed by atoms with Crippen molar-refractivity contribution in [3.05, 3.63) is 0 Å². The lowest BCUT2D eigenvalue weighted by Gasteiger charge is -2.18. The lowest BCUT2D eigenvalue weighted by atomic mass is 9.99. The lowest BCUT2D eigenvalue weighted by Crippen LogP contribution is -2.30. The van der Waals surface area contributed by atoms with Gasteiger partial charge in [-0.2, -0.15) is 0 Å². The van der Waals surface area contributed by atoms with Gasteiger partial charge in [0.05, 0.1) is 0 Å². The van der Waals surface area contributed by atoms with Crippen LogP contribution in [0.2, 0.25) is 0 Å². The summed E-state index contributed by atoms with van der Waals surface area (Å²) in [6, 6.07) is 0. The highest BCUT2D eigenvalue weighted by Gasteiger charge is 2.20. The Morgan fingerprint density at radius 3 is 0.684 bits per heavy atom. The zero-order chi connectivity index (χ0) is 55.5. The molecule has 0 N–H and O–H groups in total. The predicted octanol–water partition coefficient (Wildman–Crippen LogP) is 23.4. The van der Waals surface area contributed by atoms with Gasteiger partial charge >= 0.3 is 17.9 Å². The Kier molecular flexibility index (Phi) is 59.8. The molecule has 0 aliphatic carbocycles. The molecule has 0 amide bonds. The number of carbonyl (C=O) groups excluding carboxylic acids is 3. The van der Waals surface area contributed by atoms with Crippen LogP contribution in [0.1, 0.15) is 395 Å². The quantitative estimate of drug-likeness (QED) is 0.0343. The van der Waals surface area contributed by atoms with Gasteiger partial charge in [-0.3, -0.25) is 14.4 Å². The molecule has 2 unspecified atom stereocenters. The summed E-state index contributed by atoms with van der Waals surface area (Å²) in [5.41, 5.74) is 0. The summed E-state index contributed by atoms with van der Waals surface area (Å²) < 4.78 is 17.0. The van der Waals surface area contributed by atoms with Crippen LogP contribution in [0.15, 0.2) is 0 Å². The van der Waals surface area contributed by atoms with Gasteiger partial charge in [-0.25, -0.2) is 0 Å². The van der Waals surface area contributed by atoms with Crippen molar-refractivity contribution < 1.29 is 28.6 Å². The normalized spacial score (nSPS) is 12.8. The summed E-state index contributed by atoms with van der Waals surface area (Å²) in [5.74, 6) is 1.81. The van der Waals surface area contributed by atoms with Gasteiger partial charge in [-0.1, -0.05) is 356 Å². The largest absolute Gasteiger partial charge is 0.462 e. The molecule has 0 heterocycles. The molecule has 0 saturated heterocycles. The van der Waals surface area contributed by atoms with Crippen LogP contribution in [-0.4, -0.2) is 37.2 Å². The zero-order valence-corrected chi connectivity index (χ0v) is 52.6. The second-order valence-corrected chi connectivity index (χ2v) is 25.1. The fraction of sp³-hybridized carbons (Fsp3) is 0.957. The van der Waals surface area contributed by atoms with Gasteiger partial charge in [-0.05, 0) is 37.0 Å². The third kappa shape index (κ3) is 60.1. The molecule has 0 spiro atoms. The second-order valence-electron chi connectivity index (χ2n) is 25.1. The van der Waals surface area contributed by atoms with Crippen molar-refractivity contribution in [3.63, 3.8) is 0 Å². The fourth-order valence-corrected chi connectivity index (χ4v) is 10.9. The first-order chi connectivity index (χ1) is 37.2. The maximum absolute atomic E-state index is 12.9. The molecule has 3 atom stereocenters. The SMILES string of the molecule is CCC(C)CCCCCCCCCCCCCCCCCCCCC(=O)OC[C@H](COC(=O)CCCCCCCCCCCCCC(C)C)OC(=O)CCCCCCCCCCCCCCCCCCCCC(C)CC. The molecule has 6 nitrogen and oxygen atoms in total. The van der Waals surface area contributed by atoms with Crippen LogP contribution in [0.3, 0.4) is 0 Å². The summed E-state index contributed by atoms with van der Waals surface area (Å²) in [6.07, 6.45) is 68.2. The van der Waals surface area contributed by atoms with E-state index in [9.17, 15) is 14.4 Å². The van der Waals surface area contributed by atoms with Crippen LogP contribution >= 0.6 is 0 Å². The molecule has 0 radical (unpaired) electrons. The molecular weight excluding hydrogens is 937 g/mol. The topological polar surface area (TPSA) is 78.9 Å².